The minimum absolute atomic E-state index is 0.283. The van der Waals surface area contributed by atoms with Crippen LogP contribution in [0.2, 0.25) is 0 Å². The lowest BCUT2D eigenvalue weighted by Gasteiger charge is -2.32. The van der Waals surface area contributed by atoms with Gasteiger partial charge in [0.1, 0.15) is 0 Å². The molecule has 0 bridgehead atoms. The van der Waals surface area contributed by atoms with Crippen molar-refractivity contribution in [1.82, 2.24) is 0 Å². The number of aliphatic hydroxyl groups excluding tert-OH is 2. The van der Waals surface area contributed by atoms with E-state index < -0.39 is 11.6 Å². The normalized spacial score (nSPS) is 14.7. The fourth-order valence-electron chi connectivity index (χ4n) is 3.52. The van der Waals surface area contributed by atoms with Crippen molar-refractivity contribution in [2.45, 2.75) is 70.4 Å². The number of unbranched alkanes of at least 4 members (excludes halogenated alkanes) is 4. The van der Waals surface area contributed by atoms with Crippen LogP contribution in [-0.4, -0.2) is 22.9 Å². The van der Waals surface area contributed by atoms with E-state index in [9.17, 15) is 10.2 Å². The third-order valence-corrected chi connectivity index (χ3v) is 5.52. The molecule has 0 amide bonds. The number of aryl methyl sites for hydroxylation is 1. The Hall–Kier alpha value is -1.68. The first kappa shape index (κ1) is 21.6. The summed E-state index contributed by atoms with van der Waals surface area (Å²) in [6.07, 6.45) is 7.40. The van der Waals surface area contributed by atoms with Gasteiger partial charge >= 0.3 is 0 Å². The highest BCUT2D eigenvalue weighted by molar-refractivity contribution is 5.64. The van der Waals surface area contributed by atoms with Gasteiger partial charge in [0.05, 0.1) is 18.2 Å². The fourth-order valence-corrected chi connectivity index (χ4v) is 3.52. The molecule has 27 heavy (non-hydrogen) atoms. The van der Waals surface area contributed by atoms with Gasteiger partial charge in [-0.15, -0.1) is 0 Å². The molecule has 0 saturated carbocycles. The van der Waals surface area contributed by atoms with E-state index in [0.29, 0.717) is 6.42 Å². The summed E-state index contributed by atoms with van der Waals surface area (Å²) in [6.45, 7) is 3.82. The molecule has 2 unspecified atom stereocenters. The Morgan fingerprint density at radius 2 is 1.41 bits per heavy atom. The van der Waals surface area contributed by atoms with E-state index in [1.54, 1.807) is 0 Å². The van der Waals surface area contributed by atoms with Crippen molar-refractivity contribution in [3.05, 3.63) is 59.7 Å². The predicted octanol–water partition coefficient (Wildman–Crippen LogP) is 4.78. The molecular formula is C24H35NO2. The molecule has 0 saturated heterocycles. The van der Waals surface area contributed by atoms with E-state index in [-0.39, 0.29) is 6.61 Å². The summed E-state index contributed by atoms with van der Waals surface area (Å²) < 4.78 is 0. The van der Waals surface area contributed by atoms with Gasteiger partial charge in [-0.2, -0.15) is 0 Å². The zero-order valence-corrected chi connectivity index (χ0v) is 16.8. The number of aliphatic hydroxyl groups is 2. The number of hydrogen-bond donors (Lipinski definition) is 3. The first-order chi connectivity index (χ1) is 13.0. The van der Waals surface area contributed by atoms with Crippen LogP contribution in [-0.2, 0) is 12.0 Å². The summed E-state index contributed by atoms with van der Waals surface area (Å²) >= 11 is 0. The lowest BCUT2D eigenvalue weighted by Crippen LogP contribution is -2.50. The summed E-state index contributed by atoms with van der Waals surface area (Å²) in [7, 11) is 0. The van der Waals surface area contributed by atoms with E-state index in [0.717, 1.165) is 17.5 Å². The molecule has 0 radical (unpaired) electrons. The van der Waals surface area contributed by atoms with Gasteiger partial charge in [-0.25, -0.2) is 0 Å². The van der Waals surface area contributed by atoms with Gasteiger partial charge in [0.25, 0.3) is 0 Å². The molecule has 0 aliphatic carbocycles. The van der Waals surface area contributed by atoms with Crippen LogP contribution in [0.5, 0.6) is 0 Å². The third kappa shape index (κ3) is 5.65. The molecular weight excluding hydrogens is 334 g/mol. The van der Waals surface area contributed by atoms with Crippen LogP contribution >= 0.6 is 0 Å². The lowest BCUT2D eigenvalue weighted by atomic mass is 9.84. The highest BCUT2D eigenvalue weighted by Crippen LogP contribution is 2.27. The van der Waals surface area contributed by atoms with E-state index in [2.05, 4.69) is 31.2 Å². The Kier molecular flexibility index (Phi) is 8.49. The smallest absolute Gasteiger partial charge is 0.0906 e. The van der Waals surface area contributed by atoms with Crippen molar-refractivity contribution < 1.29 is 10.2 Å². The molecule has 148 valence electrons. The predicted molar refractivity (Wildman–Crippen MR) is 114 cm³/mol. The van der Waals surface area contributed by atoms with Crippen LogP contribution in [0.3, 0.4) is 0 Å². The topological polar surface area (TPSA) is 66.5 Å². The lowest BCUT2D eigenvalue weighted by molar-refractivity contribution is 0.0384. The van der Waals surface area contributed by atoms with Crippen LogP contribution in [0.1, 0.15) is 63.5 Å². The van der Waals surface area contributed by atoms with Crippen LogP contribution in [0, 0.1) is 0 Å². The van der Waals surface area contributed by atoms with E-state index in [1.165, 1.54) is 43.2 Å². The number of hydrogen-bond acceptors (Lipinski definition) is 3. The largest absolute Gasteiger partial charge is 0.394 e. The Morgan fingerprint density at radius 3 is 1.93 bits per heavy atom. The molecule has 0 aliphatic heterocycles. The van der Waals surface area contributed by atoms with Crippen molar-refractivity contribution in [3.63, 3.8) is 0 Å². The highest BCUT2D eigenvalue weighted by atomic mass is 16.3. The summed E-state index contributed by atoms with van der Waals surface area (Å²) in [4.78, 5) is 0. The van der Waals surface area contributed by atoms with Crippen molar-refractivity contribution in [2.75, 3.05) is 6.61 Å². The summed E-state index contributed by atoms with van der Waals surface area (Å²) in [5.41, 5.74) is 9.56. The average molecular weight is 370 g/mol. The second-order valence-electron chi connectivity index (χ2n) is 7.56. The molecule has 0 spiro atoms. The monoisotopic (exact) mass is 369 g/mol. The average Bonchev–Trinajstić information content (AvgIpc) is 2.73. The van der Waals surface area contributed by atoms with Crippen molar-refractivity contribution in [1.29, 1.82) is 0 Å². The van der Waals surface area contributed by atoms with Crippen LogP contribution < -0.4 is 5.73 Å². The summed E-state index contributed by atoms with van der Waals surface area (Å²) in [6, 6.07) is 16.6. The summed E-state index contributed by atoms with van der Waals surface area (Å²) in [5, 5.41) is 19.9. The second kappa shape index (κ2) is 10.6. The SMILES string of the molecule is CCCCCCCc1ccc(-c2ccc(C(N)(CO)C(O)CC)cc2)cc1. The molecule has 3 heteroatoms. The van der Waals surface area contributed by atoms with Crippen molar-refractivity contribution in [3.8, 4) is 11.1 Å². The Balaban J connectivity index is 2.02. The van der Waals surface area contributed by atoms with Gasteiger partial charge in [-0.1, -0.05) is 88.1 Å². The van der Waals surface area contributed by atoms with Crippen molar-refractivity contribution >= 4 is 0 Å². The van der Waals surface area contributed by atoms with Gasteiger partial charge in [-0.3, -0.25) is 0 Å². The second-order valence-corrected chi connectivity index (χ2v) is 7.56. The minimum Gasteiger partial charge on any atom is -0.394 e. The molecule has 2 aromatic carbocycles. The van der Waals surface area contributed by atoms with Crippen molar-refractivity contribution in [2.24, 2.45) is 5.73 Å². The van der Waals surface area contributed by atoms with Gasteiger partial charge in [0.2, 0.25) is 0 Å². The molecule has 0 fully saturated rings. The fraction of sp³-hybridized carbons (Fsp3) is 0.500. The third-order valence-electron chi connectivity index (χ3n) is 5.52. The van der Waals surface area contributed by atoms with E-state index in [4.69, 9.17) is 5.73 Å². The molecule has 2 rings (SSSR count). The standard InChI is InChI=1S/C24H35NO2/c1-3-5-6-7-8-9-19-10-12-20(13-11-19)21-14-16-22(17-15-21)24(25,18-26)23(27)4-2/h10-17,23,26-27H,3-9,18,25H2,1-2H3. The number of nitrogens with two attached hydrogens (primary N) is 1. The maximum absolute atomic E-state index is 10.2. The first-order valence-electron chi connectivity index (χ1n) is 10.3. The van der Waals surface area contributed by atoms with E-state index >= 15 is 0 Å². The Labute approximate surface area is 164 Å². The van der Waals surface area contributed by atoms with Gasteiger partial charge in [0, 0.05) is 0 Å². The maximum Gasteiger partial charge on any atom is 0.0906 e. The zero-order valence-electron chi connectivity index (χ0n) is 16.8. The molecule has 4 N–H and O–H groups in total. The first-order valence-corrected chi connectivity index (χ1v) is 10.3. The molecule has 2 atom stereocenters. The molecule has 0 heterocycles. The highest BCUT2D eigenvalue weighted by Gasteiger charge is 2.33. The molecule has 0 aliphatic rings. The molecule has 0 aromatic heterocycles. The molecule has 2 aromatic rings. The Bertz CT molecular complexity index is 666. The summed E-state index contributed by atoms with van der Waals surface area (Å²) in [5.74, 6) is 0. The van der Waals surface area contributed by atoms with Crippen LogP contribution in [0.25, 0.3) is 11.1 Å². The van der Waals surface area contributed by atoms with Gasteiger partial charge in [0.15, 0.2) is 0 Å². The number of benzene rings is 2. The van der Waals surface area contributed by atoms with E-state index in [1.807, 2.05) is 31.2 Å². The van der Waals surface area contributed by atoms with Crippen LogP contribution in [0.4, 0.5) is 0 Å². The Morgan fingerprint density at radius 1 is 0.852 bits per heavy atom. The zero-order chi connectivity index (χ0) is 19.7. The van der Waals surface area contributed by atoms with Gasteiger partial charge in [-0.05, 0) is 41.5 Å². The number of rotatable bonds is 11. The quantitative estimate of drug-likeness (QED) is 0.499. The van der Waals surface area contributed by atoms with Gasteiger partial charge < -0.3 is 15.9 Å². The molecule has 3 nitrogen and oxygen atoms in total. The minimum atomic E-state index is -1.12. The van der Waals surface area contributed by atoms with Crippen LogP contribution in [0.15, 0.2) is 48.5 Å². The maximum atomic E-state index is 10.2.